The maximum Gasteiger partial charge on any atom is 0.335 e. The Kier molecular flexibility index (Phi) is 5.68. The summed E-state index contributed by atoms with van der Waals surface area (Å²) in [4.78, 5) is 39.0. The summed E-state index contributed by atoms with van der Waals surface area (Å²) in [5, 5.41) is 20.8. The highest BCUT2D eigenvalue weighted by molar-refractivity contribution is 5.96. The van der Waals surface area contributed by atoms with E-state index in [2.05, 4.69) is 0 Å². The van der Waals surface area contributed by atoms with Crippen molar-refractivity contribution in [3.8, 4) is 0 Å². The van der Waals surface area contributed by atoms with Gasteiger partial charge in [-0.15, -0.1) is 0 Å². The van der Waals surface area contributed by atoms with E-state index in [-0.39, 0.29) is 23.0 Å². The zero-order valence-electron chi connectivity index (χ0n) is 20.2. The van der Waals surface area contributed by atoms with Gasteiger partial charge in [0.1, 0.15) is 6.04 Å². The molecule has 6 rings (SSSR count). The summed E-state index contributed by atoms with van der Waals surface area (Å²) >= 11 is 0. The van der Waals surface area contributed by atoms with Crippen molar-refractivity contribution in [2.75, 3.05) is 13.1 Å². The Bertz CT molecular complexity index is 1570. The molecule has 4 aromatic rings. The molecular formula is C29H27N3O5. The number of aromatic nitrogens is 2. The molecule has 0 aliphatic carbocycles. The van der Waals surface area contributed by atoms with Crippen molar-refractivity contribution in [3.63, 3.8) is 0 Å². The minimum atomic E-state index is -1.05. The first kappa shape index (κ1) is 23.2. The molecular weight excluding hydrogens is 470 g/mol. The molecule has 8 heteroatoms. The number of benzene rings is 2. The fourth-order valence-electron chi connectivity index (χ4n) is 6.22. The quantitative estimate of drug-likeness (QED) is 0.420. The number of rotatable bonds is 6. The van der Waals surface area contributed by atoms with E-state index >= 15 is 0 Å². The molecule has 2 aromatic carbocycles. The molecule has 0 saturated carbocycles. The third-order valence-corrected chi connectivity index (χ3v) is 7.76. The molecule has 0 radical (unpaired) electrons. The summed E-state index contributed by atoms with van der Waals surface area (Å²) in [6, 6.07) is 19.2. The van der Waals surface area contributed by atoms with Crippen molar-refractivity contribution in [3.05, 3.63) is 106 Å². The molecule has 188 valence electrons. The molecule has 3 atom stereocenters. The van der Waals surface area contributed by atoms with Gasteiger partial charge < -0.3 is 19.3 Å². The van der Waals surface area contributed by atoms with Gasteiger partial charge in [-0.3, -0.25) is 14.5 Å². The number of piperidine rings is 1. The van der Waals surface area contributed by atoms with Gasteiger partial charge >= 0.3 is 11.9 Å². The number of likely N-dealkylation sites (tertiary alicyclic amines) is 1. The summed E-state index contributed by atoms with van der Waals surface area (Å²) < 4.78 is 3.83. The molecule has 2 N–H and O–H groups in total. The van der Waals surface area contributed by atoms with Gasteiger partial charge in [0.05, 0.1) is 5.56 Å². The number of fused-ring (bicyclic) bond motifs is 5. The van der Waals surface area contributed by atoms with Crippen molar-refractivity contribution in [1.82, 2.24) is 14.0 Å². The van der Waals surface area contributed by atoms with Gasteiger partial charge in [-0.2, -0.15) is 0 Å². The van der Waals surface area contributed by atoms with Gasteiger partial charge in [0.25, 0.3) is 5.56 Å². The standard InChI is InChI=1S/C29H27N3O5/c33-26-8-4-7-24-21-11-19(15-32(24)26)14-31(16-21)27(29(36)37)23-17-30(13-18-5-2-1-3-6-18)25-10-9-20(28(34)35)12-22(23)25/h1-10,12,17,19,21,27H,11,13-16H2,(H,34,35)(H,36,37). The summed E-state index contributed by atoms with van der Waals surface area (Å²) in [6.07, 6.45) is 2.79. The topological polar surface area (TPSA) is 105 Å². The molecule has 1 fully saturated rings. The van der Waals surface area contributed by atoms with Crippen molar-refractivity contribution in [2.24, 2.45) is 5.92 Å². The van der Waals surface area contributed by atoms with E-state index in [1.165, 1.54) is 0 Å². The largest absolute Gasteiger partial charge is 0.480 e. The first-order valence-electron chi connectivity index (χ1n) is 12.5. The lowest BCUT2D eigenvalue weighted by Gasteiger charge is -2.44. The van der Waals surface area contributed by atoms with Crippen LogP contribution in [0.5, 0.6) is 0 Å². The van der Waals surface area contributed by atoms with Crippen molar-refractivity contribution >= 4 is 22.8 Å². The maximum atomic E-state index is 12.8. The van der Waals surface area contributed by atoms with Crippen molar-refractivity contribution in [2.45, 2.75) is 31.5 Å². The molecule has 2 aliphatic rings. The molecule has 2 aliphatic heterocycles. The van der Waals surface area contributed by atoms with Gasteiger partial charge in [0.15, 0.2) is 0 Å². The maximum absolute atomic E-state index is 12.8. The summed E-state index contributed by atoms with van der Waals surface area (Å²) in [5.74, 6) is -1.79. The third kappa shape index (κ3) is 4.13. The van der Waals surface area contributed by atoms with E-state index in [4.69, 9.17) is 0 Å². The first-order valence-corrected chi connectivity index (χ1v) is 12.5. The highest BCUT2D eigenvalue weighted by atomic mass is 16.4. The molecule has 0 amide bonds. The molecule has 3 unspecified atom stereocenters. The lowest BCUT2D eigenvalue weighted by Crippen LogP contribution is -2.49. The Morgan fingerprint density at radius 3 is 2.51 bits per heavy atom. The molecule has 2 bridgehead atoms. The average molecular weight is 498 g/mol. The highest BCUT2D eigenvalue weighted by Crippen LogP contribution is 2.40. The Morgan fingerprint density at radius 1 is 0.946 bits per heavy atom. The fraction of sp³-hybridized carbons (Fsp3) is 0.276. The van der Waals surface area contributed by atoms with Crippen LogP contribution >= 0.6 is 0 Å². The zero-order chi connectivity index (χ0) is 25.7. The molecule has 37 heavy (non-hydrogen) atoms. The van der Waals surface area contributed by atoms with Crippen LogP contribution in [0.3, 0.4) is 0 Å². The van der Waals surface area contributed by atoms with Crippen molar-refractivity contribution in [1.29, 1.82) is 0 Å². The Balaban J connectivity index is 1.44. The number of carboxylic acids is 2. The van der Waals surface area contributed by atoms with Gasteiger partial charge in [-0.25, -0.2) is 4.79 Å². The Morgan fingerprint density at radius 2 is 1.76 bits per heavy atom. The van der Waals surface area contributed by atoms with E-state index in [1.807, 2.05) is 56.6 Å². The minimum absolute atomic E-state index is 0.0133. The van der Waals surface area contributed by atoms with Crippen LogP contribution in [0.1, 0.15) is 45.6 Å². The number of pyridine rings is 1. The minimum Gasteiger partial charge on any atom is -0.480 e. The molecule has 4 heterocycles. The predicted octanol–water partition coefficient (Wildman–Crippen LogP) is 3.79. The number of hydrogen-bond donors (Lipinski definition) is 2. The SMILES string of the molecule is O=C(O)c1ccc2c(c1)c(C(C(=O)O)N1CC3CC(C1)c1cccc(=O)n1C3)cn2Cc1ccccc1. The Labute approximate surface area is 213 Å². The smallest absolute Gasteiger partial charge is 0.335 e. The number of carbonyl (C=O) groups is 2. The van der Waals surface area contributed by atoms with Crippen LogP contribution in [0.15, 0.2) is 77.7 Å². The lowest BCUT2D eigenvalue weighted by atomic mass is 9.82. The average Bonchev–Trinajstić information content (AvgIpc) is 3.22. The molecule has 1 saturated heterocycles. The fourth-order valence-corrected chi connectivity index (χ4v) is 6.22. The zero-order valence-corrected chi connectivity index (χ0v) is 20.2. The number of carboxylic acid groups (broad SMARTS) is 2. The lowest BCUT2D eigenvalue weighted by molar-refractivity contribution is -0.144. The Hall–Kier alpha value is -4.17. The monoisotopic (exact) mass is 497 g/mol. The second-order valence-electron chi connectivity index (χ2n) is 10.1. The van der Waals surface area contributed by atoms with Crippen LogP contribution in [0, 0.1) is 5.92 Å². The van der Waals surface area contributed by atoms with Gasteiger partial charge in [0, 0.05) is 66.5 Å². The predicted molar refractivity (Wildman–Crippen MR) is 138 cm³/mol. The van der Waals surface area contributed by atoms with E-state index in [0.717, 1.165) is 23.2 Å². The summed E-state index contributed by atoms with van der Waals surface area (Å²) in [5.41, 5.74) is 3.52. The van der Waals surface area contributed by atoms with E-state index in [1.54, 1.807) is 30.3 Å². The van der Waals surface area contributed by atoms with E-state index in [9.17, 15) is 24.6 Å². The number of aromatic carboxylic acids is 1. The van der Waals surface area contributed by atoms with E-state index < -0.39 is 18.0 Å². The van der Waals surface area contributed by atoms with Crippen LogP contribution in [0.25, 0.3) is 10.9 Å². The second-order valence-corrected chi connectivity index (χ2v) is 10.1. The number of aliphatic carboxylic acids is 1. The highest BCUT2D eigenvalue weighted by Gasteiger charge is 2.40. The third-order valence-electron chi connectivity index (χ3n) is 7.76. The first-order chi connectivity index (χ1) is 17.9. The molecule has 2 aromatic heterocycles. The number of nitrogens with zero attached hydrogens (tertiary/aromatic N) is 3. The van der Waals surface area contributed by atoms with Crippen LogP contribution in [0.2, 0.25) is 0 Å². The molecule has 0 spiro atoms. The van der Waals surface area contributed by atoms with Gasteiger partial charge in [0.2, 0.25) is 0 Å². The normalized spacial score (nSPS) is 19.9. The van der Waals surface area contributed by atoms with E-state index in [0.29, 0.717) is 37.1 Å². The van der Waals surface area contributed by atoms with Crippen LogP contribution in [-0.4, -0.2) is 49.3 Å². The summed E-state index contributed by atoms with van der Waals surface area (Å²) in [7, 11) is 0. The summed E-state index contributed by atoms with van der Waals surface area (Å²) in [6.45, 7) is 2.18. The number of hydrogen-bond acceptors (Lipinski definition) is 4. The van der Waals surface area contributed by atoms with Crippen LogP contribution in [-0.2, 0) is 17.9 Å². The molecule has 8 nitrogen and oxygen atoms in total. The van der Waals surface area contributed by atoms with Crippen LogP contribution in [0.4, 0.5) is 0 Å². The van der Waals surface area contributed by atoms with Crippen molar-refractivity contribution < 1.29 is 19.8 Å². The second kappa shape index (κ2) is 9.05. The van der Waals surface area contributed by atoms with Gasteiger partial charge in [-0.05, 0) is 42.2 Å². The van der Waals surface area contributed by atoms with Crippen LogP contribution < -0.4 is 5.56 Å². The van der Waals surface area contributed by atoms with Gasteiger partial charge in [-0.1, -0.05) is 36.4 Å².